The van der Waals surface area contributed by atoms with Gasteiger partial charge in [-0.1, -0.05) is 30.3 Å². The molecule has 1 fully saturated rings. The van der Waals surface area contributed by atoms with Crippen LogP contribution in [0.3, 0.4) is 0 Å². The van der Waals surface area contributed by atoms with Gasteiger partial charge in [0.15, 0.2) is 9.84 Å². The molecule has 39 heavy (non-hydrogen) atoms. The summed E-state index contributed by atoms with van der Waals surface area (Å²) in [6.07, 6.45) is 0.356. The van der Waals surface area contributed by atoms with Gasteiger partial charge in [-0.05, 0) is 65.7 Å². The van der Waals surface area contributed by atoms with E-state index in [1.54, 1.807) is 23.1 Å². The van der Waals surface area contributed by atoms with Crippen molar-refractivity contribution in [1.29, 1.82) is 0 Å². The SMILES string of the molecule is O=S(=O)(c1ccc2ccccc2c1)[C@@H]1NC(CN(Cc2cc(F)ccc2F)Cc2cc(F)ccc2F)CC1S. The molecule has 1 aliphatic rings. The van der Waals surface area contributed by atoms with Crippen LogP contribution in [0.15, 0.2) is 83.8 Å². The van der Waals surface area contributed by atoms with Gasteiger partial charge in [0.2, 0.25) is 0 Å². The number of fused-ring (bicyclic) bond motifs is 1. The van der Waals surface area contributed by atoms with Crippen molar-refractivity contribution < 1.29 is 26.0 Å². The van der Waals surface area contributed by atoms with Crippen molar-refractivity contribution in [1.82, 2.24) is 10.2 Å². The van der Waals surface area contributed by atoms with E-state index in [0.29, 0.717) is 6.42 Å². The highest BCUT2D eigenvalue weighted by molar-refractivity contribution is 7.93. The standard InChI is InChI=1S/C29H26F4N2O2S2/c30-22-6-9-26(32)20(11-22)15-35(16-21-12-23(31)7-10-27(21)33)17-24-14-28(38)29(34-24)39(36,37)25-8-5-18-3-1-2-4-19(18)13-25/h1-13,24,28-29,34,38H,14-17H2/t24?,28?,29-/m0/s1. The molecule has 3 atom stereocenters. The average Bonchev–Trinajstić information content (AvgIpc) is 3.28. The van der Waals surface area contributed by atoms with Crippen LogP contribution >= 0.6 is 12.6 Å². The second-order valence-corrected chi connectivity index (χ2v) is 12.5. The third-order valence-corrected chi connectivity index (χ3v) is 9.70. The Morgan fingerprint density at radius 2 is 1.38 bits per heavy atom. The summed E-state index contributed by atoms with van der Waals surface area (Å²) in [5, 5.41) is 3.31. The zero-order valence-corrected chi connectivity index (χ0v) is 22.4. The summed E-state index contributed by atoms with van der Waals surface area (Å²) < 4.78 is 83.8. The highest BCUT2D eigenvalue weighted by atomic mass is 32.2. The number of nitrogens with zero attached hydrogens (tertiary/aromatic N) is 1. The molecule has 1 N–H and O–H groups in total. The number of thiol groups is 1. The molecule has 1 heterocycles. The van der Waals surface area contributed by atoms with E-state index < -0.39 is 49.8 Å². The third kappa shape index (κ3) is 6.14. The molecule has 4 aromatic rings. The molecule has 0 aromatic heterocycles. The number of benzene rings is 4. The first-order chi connectivity index (χ1) is 18.6. The van der Waals surface area contributed by atoms with Crippen LogP contribution in [0.4, 0.5) is 17.6 Å². The van der Waals surface area contributed by atoms with Gasteiger partial charge in [-0.2, -0.15) is 12.6 Å². The zero-order valence-electron chi connectivity index (χ0n) is 20.7. The molecular formula is C29H26F4N2O2S2. The summed E-state index contributed by atoms with van der Waals surface area (Å²) in [6, 6.07) is 18.1. The number of nitrogens with one attached hydrogen (secondary N) is 1. The predicted octanol–water partition coefficient (Wildman–Crippen LogP) is 5.86. The van der Waals surface area contributed by atoms with E-state index in [4.69, 9.17) is 0 Å². The van der Waals surface area contributed by atoms with E-state index in [1.165, 1.54) is 0 Å². The molecule has 0 aliphatic carbocycles. The van der Waals surface area contributed by atoms with Gasteiger partial charge in [-0.3, -0.25) is 10.2 Å². The Balaban J connectivity index is 1.38. The Bertz CT molecular complexity index is 1560. The fraction of sp³-hybridized carbons (Fsp3) is 0.241. The molecule has 0 saturated carbocycles. The lowest BCUT2D eigenvalue weighted by Gasteiger charge is -2.27. The third-order valence-electron chi connectivity index (χ3n) is 6.94. The number of hydrogen-bond donors (Lipinski definition) is 2. The fourth-order valence-corrected chi connectivity index (χ4v) is 7.61. The second kappa shape index (κ2) is 11.3. The lowest BCUT2D eigenvalue weighted by Crippen LogP contribution is -2.43. The van der Waals surface area contributed by atoms with Gasteiger partial charge < -0.3 is 0 Å². The summed E-state index contributed by atoms with van der Waals surface area (Å²) >= 11 is 4.56. The van der Waals surface area contributed by atoms with Gasteiger partial charge in [-0.25, -0.2) is 26.0 Å². The maximum absolute atomic E-state index is 14.5. The maximum atomic E-state index is 14.5. The van der Waals surface area contributed by atoms with Crippen molar-refractivity contribution in [2.45, 2.75) is 41.1 Å². The summed E-state index contributed by atoms with van der Waals surface area (Å²) in [6.45, 7) is -0.0409. The summed E-state index contributed by atoms with van der Waals surface area (Å²) in [5.74, 6) is -2.52. The minimum atomic E-state index is -3.82. The highest BCUT2D eigenvalue weighted by Crippen LogP contribution is 2.30. The Labute approximate surface area is 230 Å². The van der Waals surface area contributed by atoms with Crippen LogP contribution in [0.5, 0.6) is 0 Å². The van der Waals surface area contributed by atoms with Crippen LogP contribution in [0, 0.1) is 23.3 Å². The van der Waals surface area contributed by atoms with Crippen molar-refractivity contribution in [3.05, 3.63) is 113 Å². The molecule has 1 saturated heterocycles. The van der Waals surface area contributed by atoms with Gasteiger partial charge in [0.1, 0.15) is 28.6 Å². The molecule has 4 aromatic carbocycles. The first kappa shape index (κ1) is 27.6. The number of halogens is 4. The Morgan fingerprint density at radius 1 is 0.795 bits per heavy atom. The second-order valence-electron chi connectivity index (χ2n) is 9.78. The van der Waals surface area contributed by atoms with Crippen molar-refractivity contribution >= 4 is 33.2 Å². The van der Waals surface area contributed by atoms with Crippen molar-refractivity contribution in [3.8, 4) is 0 Å². The number of sulfone groups is 1. The minimum absolute atomic E-state index is 0.0487. The molecule has 0 amide bonds. The van der Waals surface area contributed by atoms with Gasteiger partial charge >= 0.3 is 0 Å². The van der Waals surface area contributed by atoms with Crippen LogP contribution in [0.1, 0.15) is 17.5 Å². The van der Waals surface area contributed by atoms with E-state index in [0.717, 1.165) is 47.2 Å². The molecule has 10 heteroatoms. The zero-order chi connectivity index (χ0) is 27.7. The average molecular weight is 575 g/mol. The van der Waals surface area contributed by atoms with Gasteiger partial charge in [0.25, 0.3) is 0 Å². The Kier molecular flexibility index (Phi) is 8.00. The Hall–Kier alpha value is -2.92. The molecule has 204 valence electrons. The van der Waals surface area contributed by atoms with Gasteiger partial charge in [0, 0.05) is 42.1 Å². The first-order valence-electron chi connectivity index (χ1n) is 12.4. The van der Waals surface area contributed by atoms with Crippen LogP contribution < -0.4 is 5.32 Å². The van der Waals surface area contributed by atoms with Gasteiger partial charge in [-0.15, -0.1) is 0 Å². The molecule has 2 unspecified atom stereocenters. The van der Waals surface area contributed by atoms with E-state index >= 15 is 0 Å². The van der Waals surface area contributed by atoms with E-state index in [9.17, 15) is 26.0 Å². The maximum Gasteiger partial charge on any atom is 0.195 e. The van der Waals surface area contributed by atoms with E-state index in [-0.39, 0.29) is 35.7 Å². The van der Waals surface area contributed by atoms with Crippen LogP contribution in [0.2, 0.25) is 0 Å². The molecular weight excluding hydrogens is 548 g/mol. The van der Waals surface area contributed by atoms with Crippen LogP contribution in [-0.4, -0.2) is 36.5 Å². The van der Waals surface area contributed by atoms with Crippen molar-refractivity contribution in [2.75, 3.05) is 6.54 Å². The van der Waals surface area contributed by atoms with Crippen LogP contribution in [0.25, 0.3) is 10.8 Å². The highest BCUT2D eigenvalue weighted by Gasteiger charge is 2.41. The monoisotopic (exact) mass is 574 g/mol. The van der Waals surface area contributed by atoms with Crippen LogP contribution in [-0.2, 0) is 22.9 Å². The lowest BCUT2D eigenvalue weighted by atomic mass is 10.1. The predicted molar refractivity (Wildman–Crippen MR) is 146 cm³/mol. The van der Waals surface area contributed by atoms with E-state index in [1.807, 2.05) is 24.3 Å². The molecule has 4 nitrogen and oxygen atoms in total. The Morgan fingerprint density at radius 3 is 2.00 bits per heavy atom. The molecule has 5 rings (SSSR count). The largest absolute Gasteiger partial charge is 0.296 e. The summed E-state index contributed by atoms with van der Waals surface area (Å²) in [7, 11) is -3.82. The summed E-state index contributed by atoms with van der Waals surface area (Å²) in [4.78, 5) is 1.80. The number of hydrogen-bond acceptors (Lipinski definition) is 5. The van der Waals surface area contributed by atoms with Crippen molar-refractivity contribution in [2.24, 2.45) is 0 Å². The first-order valence-corrected chi connectivity index (χ1v) is 14.4. The topological polar surface area (TPSA) is 49.4 Å². The van der Waals surface area contributed by atoms with E-state index in [2.05, 4.69) is 17.9 Å². The fourth-order valence-electron chi connectivity index (χ4n) is 5.05. The molecule has 0 bridgehead atoms. The quantitative estimate of drug-likeness (QED) is 0.205. The smallest absolute Gasteiger partial charge is 0.195 e. The summed E-state index contributed by atoms with van der Waals surface area (Å²) in [5.41, 5.74) is 0.0973. The lowest BCUT2D eigenvalue weighted by molar-refractivity contribution is 0.226. The normalized spacial score (nSPS) is 19.7. The molecule has 0 spiro atoms. The number of rotatable bonds is 8. The molecule has 0 radical (unpaired) electrons. The van der Waals surface area contributed by atoms with Gasteiger partial charge in [0.05, 0.1) is 4.90 Å². The molecule has 1 aliphatic heterocycles. The van der Waals surface area contributed by atoms with Crippen molar-refractivity contribution in [3.63, 3.8) is 0 Å². The minimum Gasteiger partial charge on any atom is -0.296 e.